The summed E-state index contributed by atoms with van der Waals surface area (Å²) in [6.45, 7) is 4.44. The lowest BCUT2D eigenvalue weighted by atomic mass is 10.1. The van der Waals surface area contributed by atoms with Gasteiger partial charge in [0.15, 0.2) is 0 Å². The van der Waals surface area contributed by atoms with Crippen LogP contribution in [0.1, 0.15) is 29.3 Å². The largest absolute Gasteiger partial charge is 0.472 e. The van der Waals surface area contributed by atoms with Crippen molar-refractivity contribution < 1.29 is 18.8 Å². The van der Waals surface area contributed by atoms with Crippen molar-refractivity contribution in [1.82, 2.24) is 9.80 Å². The van der Waals surface area contributed by atoms with E-state index in [4.69, 9.17) is 4.42 Å². The predicted octanol–water partition coefficient (Wildman–Crippen LogP) is 2.18. The smallest absolute Gasteiger partial charge is 0.257 e. The van der Waals surface area contributed by atoms with Crippen LogP contribution in [0.3, 0.4) is 0 Å². The number of benzene rings is 1. The second kappa shape index (κ2) is 8.11. The molecule has 0 radical (unpaired) electrons. The number of furan rings is 1. The predicted molar refractivity (Wildman–Crippen MR) is 107 cm³/mol. The zero-order chi connectivity index (χ0) is 20.4. The van der Waals surface area contributed by atoms with Crippen molar-refractivity contribution in [2.75, 3.05) is 37.6 Å². The summed E-state index contributed by atoms with van der Waals surface area (Å²) in [6, 6.07) is 9.58. The van der Waals surface area contributed by atoms with E-state index in [1.807, 2.05) is 24.3 Å². The van der Waals surface area contributed by atoms with Crippen LogP contribution in [0.5, 0.6) is 0 Å². The number of piperazine rings is 1. The molecule has 0 saturated carbocycles. The summed E-state index contributed by atoms with van der Waals surface area (Å²) >= 11 is 0. The number of hydrogen-bond donors (Lipinski definition) is 0. The lowest BCUT2D eigenvalue weighted by molar-refractivity contribution is -0.137. The van der Waals surface area contributed by atoms with Gasteiger partial charge in [0.25, 0.3) is 5.91 Å². The van der Waals surface area contributed by atoms with E-state index in [0.29, 0.717) is 38.3 Å². The minimum Gasteiger partial charge on any atom is -0.472 e. The molecule has 0 spiro atoms. The van der Waals surface area contributed by atoms with E-state index in [0.717, 1.165) is 12.1 Å². The average molecular weight is 395 g/mol. The van der Waals surface area contributed by atoms with Gasteiger partial charge in [-0.05, 0) is 30.2 Å². The first-order valence-electron chi connectivity index (χ1n) is 10.1. The van der Waals surface area contributed by atoms with Crippen LogP contribution in [0.25, 0.3) is 0 Å². The maximum Gasteiger partial charge on any atom is 0.257 e. The van der Waals surface area contributed by atoms with Crippen LogP contribution in [0, 0.1) is 5.92 Å². The van der Waals surface area contributed by atoms with Gasteiger partial charge in [0.1, 0.15) is 6.26 Å². The first-order valence-corrected chi connectivity index (χ1v) is 10.1. The third-order valence-electron chi connectivity index (χ3n) is 5.78. The Morgan fingerprint density at radius 3 is 2.34 bits per heavy atom. The van der Waals surface area contributed by atoms with Crippen LogP contribution in [-0.4, -0.2) is 60.2 Å². The minimum atomic E-state index is -0.329. The maximum atomic E-state index is 13.0. The Morgan fingerprint density at radius 1 is 1.03 bits per heavy atom. The summed E-state index contributed by atoms with van der Waals surface area (Å²) in [4.78, 5) is 43.1. The van der Waals surface area contributed by atoms with Crippen molar-refractivity contribution >= 4 is 23.4 Å². The molecule has 2 fully saturated rings. The highest BCUT2D eigenvalue weighted by Crippen LogP contribution is 2.27. The minimum absolute atomic E-state index is 0.00133. The molecule has 2 aliphatic heterocycles. The van der Waals surface area contributed by atoms with Crippen molar-refractivity contribution in [1.29, 1.82) is 0 Å². The van der Waals surface area contributed by atoms with Crippen molar-refractivity contribution in [2.24, 2.45) is 5.92 Å². The molecule has 152 valence electrons. The molecule has 2 saturated heterocycles. The first-order chi connectivity index (χ1) is 14.1. The fourth-order valence-electron chi connectivity index (χ4n) is 3.99. The number of hydrogen-bond acceptors (Lipinski definition) is 4. The summed E-state index contributed by atoms with van der Waals surface area (Å²) in [6.07, 6.45) is 4.10. The maximum absolute atomic E-state index is 13.0. The lowest BCUT2D eigenvalue weighted by Gasteiger charge is -2.35. The molecule has 0 aliphatic carbocycles. The van der Waals surface area contributed by atoms with Gasteiger partial charge in [-0.2, -0.15) is 0 Å². The van der Waals surface area contributed by atoms with Gasteiger partial charge in [-0.3, -0.25) is 14.4 Å². The standard InChI is InChI=1S/C22H25N3O4/c1-2-16-3-5-19(6-4-16)25-14-18(13-20(25)26)22(28)24-10-8-23(9-11-24)21(27)17-7-12-29-15-17/h3-7,12,15,18H,2,8-11,13-14H2,1H3. The highest BCUT2D eigenvalue weighted by molar-refractivity contribution is 6.00. The second-order valence-electron chi connectivity index (χ2n) is 7.55. The SMILES string of the molecule is CCc1ccc(N2CC(C(=O)N3CCN(C(=O)c4ccoc4)CC3)CC2=O)cc1. The first kappa shape index (κ1) is 19.2. The molecule has 3 amide bonds. The molecule has 0 bridgehead atoms. The number of aryl methyl sites for hydroxylation is 1. The van der Waals surface area contributed by atoms with Crippen LogP contribution < -0.4 is 4.90 Å². The number of carbonyl (C=O) groups excluding carboxylic acids is 3. The monoisotopic (exact) mass is 395 g/mol. The van der Waals surface area contributed by atoms with Crippen molar-refractivity contribution in [2.45, 2.75) is 19.8 Å². The topological polar surface area (TPSA) is 74.1 Å². The molecule has 0 N–H and O–H groups in total. The van der Waals surface area contributed by atoms with Crippen LogP contribution in [0.15, 0.2) is 47.3 Å². The summed E-state index contributed by atoms with van der Waals surface area (Å²) in [5.74, 6) is -0.420. The molecule has 7 heteroatoms. The summed E-state index contributed by atoms with van der Waals surface area (Å²) in [5, 5.41) is 0. The van der Waals surface area contributed by atoms with Crippen LogP contribution >= 0.6 is 0 Å². The molecule has 1 aromatic heterocycles. The Bertz CT molecular complexity index is 883. The molecular weight excluding hydrogens is 370 g/mol. The van der Waals surface area contributed by atoms with E-state index < -0.39 is 0 Å². The molecular formula is C22H25N3O4. The Labute approximate surface area is 169 Å². The van der Waals surface area contributed by atoms with Crippen molar-refractivity contribution in [3.05, 3.63) is 54.0 Å². The molecule has 1 aromatic carbocycles. The molecule has 29 heavy (non-hydrogen) atoms. The highest BCUT2D eigenvalue weighted by atomic mass is 16.3. The Hall–Kier alpha value is -3.09. The second-order valence-corrected chi connectivity index (χ2v) is 7.55. The number of amides is 3. The van der Waals surface area contributed by atoms with E-state index in [1.165, 1.54) is 18.1 Å². The molecule has 3 heterocycles. The lowest BCUT2D eigenvalue weighted by Crippen LogP contribution is -2.52. The quantitative estimate of drug-likeness (QED) is 0.795. The third kappa shape index (κ3) is 3.90. The summed E-state index contributed by atoms with van der Waals surface area (Å²) < 4.78 is 4.97. The van der Waals surface area contributed by atoms with Crippen molar-refractivity contribution in [3.63, 3.8) is 0 Å². The van der Waals surface area contributed by atoms with Gasteiger partial charge in [-0.15, -0.1) is 0 Å². The van der Waals surface area contributed by atoms with Gasteiger partial charge in [-0.1, -0.05) is 19.1 Å². The summed E-state index contributed by atoms with van der Waals surface area (Å²) in [7, 11) is 0. The molecule has 2 aliphatic rings. The van der Waals surface area contributed by atoms with Crippen LogP contribution in [0.2, 0.25) is 0 Å². The molecule has 2 aromatic rings. The molecule has 1 unspecified atom stereocenters. The van der Waals surface area contributed by atoms with Gasteiger partial charge in [0.2, 0.25) is 11.8 Å². The number of nitrogens with zero attached hydrogens (tertiary/aromatic N) is 3. The van der Waals surface area contributed by atoms with Crippen LogP contribution in [0.4, 0.5) is 5.69 Å². The Morgan fingerprint density at radius 2 is 1.72 bits per heavy atom. The zero-order valence-electron chi connectivity index (χ0n) is 16.5. The van der Waals surface area contributed by atoms with E-state index >= 15 is 0 Å². The zero-order valence-corrected chi connectivity index (χ0v) is 16.5. The highest BCUT2D eigenvalue weighted by Gasteiger charge is 2.38. The van der Waals surface area contributed by atoms with E-state index in [9.17, 15) is 14.4 Å². The summed E-state index contributed by atoms with van der Waals surface area (Å²) in [5.41, 5.74) is 2.59. The van der Waals surface area contributed by atoms with E-state index in [2.05, 4.69) is 6.92 Å². The normalized spacial score (nSPS) is 19.7. The van der Waals surface area contributed by atoms with Gasteiger partial charge < -0.3 is 19.1 Å². The number of anilines is 1. The Kier molecular flexibility index (Phi) is 5.38. The molecule has 4 rings (SSSR count). The number of carbonyl (C=O) groups is 3. The van der Waals surface area contributed by atoms with Gasteiger partial charge in [0, 0.05) is 44.8 Å². The fourth-order valence-corrected chi connectivity index (χ4v) is 3.99. The molecule has 1 atom stereocenters. The third-order valence-corrected chi connectivity index (χ3v) is 5.78. The average Bonchev–Trinajstić information content (AvgIpc) is 3.43. The van der Waals surface area contributed by atoms with E-state index in [1.54, 1.807) is 20.8 Å². The van der Waals surface area contributed by atoms with E-state index in [-0.39, 0.29) is 30.1 Å². The molecule has 7 nitrogen and oxygen atoms in total. The van der Waals surface area contributed by atoms with Gasteiger partial charge >= 0.3 is 0 Å². The van der Waals surface area contributed by atoms with Crippen LogP contribution in [-0.2, 0) is 16.0 Å². The van der Waals surface area contributed by atoms with Gasteiger partial charge in [0.05, 0.1) is 17.7 Å². The number of rotatable bonds is 4. The Balaban J connectivity index is 1.34. The fraction of sp³-hybridized carbons (Fsp3) is 0.409. The van der Waals surface area contributed by atoms with Crippen molar-refractivity contribution in [3.8, 4) is 0 Å². The van der Waals surface area contributed by atoms with Gasteiger partial charge in [-0.25, -0.2) is 0 Å².